The number of aromatic hydroxyl groups is 1. The van der Waals surface area contributed by atoms with Gasteiger partial charge in [0.25, 0.3) is 0 Å². The molecule has 0 aliphatic carbocycles. The zero-order chi connectivity index (χ0) is 20.7. The maximum Gasteiger partial charge on any atom is 0.129 e. The topological polar surface area (TPSA) is 65.4 Å². The summed E-state index contributed by atoms with van der Waals surface area (Å²) in [5, 5.41) is 19.5. The number of phenolic OH excluding ortho intramolecular Hbond substituents is 1. The summed E-state index contributed by atoms with van der Waals surface area (Å²) < 4.78 is 11.9. The fourth-order valence-electron chi connectivity index (χ4n) is 4.79. The number of rotatable bonds is 6. The molecule has 2 heterocycles. The Morgan fingerprint density at radius 3 is 2.21 bits per heavy atom. The van der Waals surface area contributed by atoms with Crippen LogP contribution in [0.2, 0.25) is 0 Å². The molecule has 2 aliphatic heterocycles. The van der Waals surface area contributed by atoms with Gasteiger partial charge in [0.15, 0.2) is 0 Å². The molecule has 6 nitrogen and oxygen atoms in total. The number of ether oxygens (including phenoxy) is 2. The Labute approximate surface area is 169 Å². The molecule has 1 atom stereocenters. The minimum Gasteiger partial charge on any atom is -0.507 e. The number of benzene rings is 1. The average molecular weight is 393 g/mol. The van der Waals surface area contributed by atoms with Crippen molar-refractivity contribution in [2.45, 2.75) is 52.7 Å². The first kappa shape index (κ1) is 21.4. The van der Waals surface area contributed by atoms with Gasteiger partial charge in [-0.05, 0) is 58.2 Å². The van der Waals surface area contributed by atoms with Crippen molar-refractivity contribution >= 4 is 0 Å². The van der Waals surface area contributed by atoms with Gasteiger partial charge in [-0.25, -0.2) is 0 Å². The number of piperazine rings is 1. The lowest BCUT2D eigenvalue weighted by Gasteiger charge is -2.49. The van der Waals surface area contributed by atoms with Crippen LogP contribution >= 0.6 is 0 Å². The van der Waals surface area contributed by atoms with Crippen molar-refractivity contribution in [3.05, 3.63) is 22.3 Å². The van der Waals surface area contributed by atoms with Crippen LogP contribution in [0.3, 0.4) is 0 Å². The van der Waals surface area contributed by atoms with Gasteiger partial charge < -0.3 is 19.7 Å². The molecule has 6 heteroatoms. The molecule has 28 heavy (non-hydrogen) atoms. The van der Waals surface area contributed by atoms with E-state index in [1.807, 2.05) is 20.8 Å². The van der Waals surface area contributed by atoms with E-state index in [0.717, 1.165) is 60.7 Å². The molecule has 0 saturated carbocycles. The standard InChI is InChI=1S/C22H36N2O4/c1-15-16(2)20-18(17(3)19(15)26)22(6,21(4,5)28-20)24-9-7-23(8-10-24)11-13-27-14-12-25/h25-26H,7-14H2,1-6H3. The summed E-state index contributed by atoms with van der Waals surface area (Å²) in [6.45, 7) is 18.4. The Hall–Kier alpha value is -1.34. The Bertz CT molecular complexity index is 726. The molecule has 0 bridgehead atoms. The van der Waals surface area contributed by atoms with Gasteiger partial charge in [0, 0.05) is 38.3 Å². The zero-order valence-electron chi connectivity index (χ0n) is 18.3. The lowest BCUT2D eigenvalue weighted by Crippen LogP contribution is -2.61. The molecule has 2 N–H and O–H groups in total. The molecular weight excluding hydrogens is 356 g/mol. The van der Waals surface area contributed by atoms with Crippen molar-refractivity contribution in [1.82, 2.24) is 9.80 Å². The van der Waals surface area contributed by atoms with Gasteiger partial charge in [-0.15, -0.1) is 0 Å². The molecule has 1 aromatic rings. The highest BCUT2D eigenvalue weighted by molar-refractivity contribution is 5.62. The van der Waals surface area contributed by atoms with E-state index in [9.17, 15) is 5.11 Å². The van der Waals surface area contributed by atoms with Gasteiger partial charge in [-0.2, -0.15) is 0 Å². The number of phenols is 1. The first-order chi connectivity index (χ1) is 13.1. The number of fused-ring (bicyclic) bond motifs is 1. The van der Waals surface area contributed by atoms with Gasteiger partial charge in [0.05, 0.1) is 25.4 Å². The third-order valence-corrected chi connectivity index (χ3v) is 7.02. The van der Waals surface area contributed by atoms with Crippen LogP contribution < -0.4 is 4.74 Å². The highest BCUT2D eigenvalue weighted by Crippen LogP contribution is 2.56. The fraction of sp³-hybridized carbons (Fsp3) is 0.727. The van der Waals surface area contributed by atoms with Crippen molar-refractivity contribution in [2.24, 2.45) is 0 Å². The zero-order valence-corrected chi connectivity index (χ0v) is 18.3. The molecule has 1 saturated heterocycles. The Balaban J connectivity index is 1.83. The number of aliphatic hydroxyl groups excluding tert-OH is 1. The lowest BCUT2D eigenvalue weighted by atomic mass is 9.75. The van der Waals surface area contributed by atoms with Crippen molar-refractivity contribution in [2.75, 3.05) is 52.5 Å². The molecule has 2 aliphatic rings. The average Bonchev–Trinajstić information content (AvgIpc) is 2.89. The molecule has 1 aromatic carbocycles. The largest absolute Gasteiger partial charge is 0.507 e. The van der Waals surface area contributed by atoms with Crippen LogP contribution in [0.5, 0.6) is 11.5 Å². The van der Waals surface area contributed by atoms with E-state index in [0.29, 0.717) is 19.0 Å². The van der Waals surface area contributed by atoms with Crippen molar-refractivity contribution in [1.29, 1.82) is 0 Å². The Kier molecular flexibility index (Phi) is 5.97. The minimum atomic E-state index is -0.391. The second kappa shape index (κ2) is 7.82. The van der Waals surface area contributed by atoms with Gasteiger partial charge >= 0.3 is 0 Å². The lowest BCUT2D eigenvalue weighted by molar-refractivity contribution is -0.0626. The minimum absolute atomic E-state index is 0.0751. The summed E-state index contributed by atoms with van der Waals surface area (Å²) in [7, 11) is 0. The maximum absolute atomic E-state index is 10.7. The summed E-state index contributed by atoms with van der Waals surface area (Å²) in [5.74, 6) is 1.34. The van der Waals surface area contributed by atoms with E-state index in [1.165, 1.54) is 0 Å². The van der Waals surface area contributed by atoms with Crippen LogP contribution in [0.25, 0.3) is 0 Å². The predicted molar refractivity (Wildman–Crippen MR) is 110 cm³/mol. The first-order valence-electron chi connectivity index (χ1n) is 10.3. The Morgan fingerprint density at radius 1 is 0.964 bits per heavy atom. The van der Waals surface area contributed by atoms with Gasteiger partial charge in [-0.3, -0.25) is 9.80 Å². The van der Waals surface area contributed by atoms with E-state index in [1.54, 1.807) is 0 Å². The van der Waals surface area contributed by atoms with Crippen LogP contribution in [-0.2, 0) is 10.3 Å². The van der Waals surface area contributed by atoms with Crippen LogP contribution in [0.15, 0.2) is 0 Å². The van der Waals surface area contributed by atoms with Gasteiger partial charge in [-0.1, -0.05) is 0 Å². The molecule has 0 spiro atoms. The van der Waals surface area contributed by atoms with Gasteiger partial charge in [0.2, 0.25) is 0 Å². The fourth-order valence-corrected chi connectivity index (χ4v) is 4.79. The number of nitrogens with zero attached hydrogens (tertiary/aromatic N) is 2. The quantitative estimate of drug-likeness (QED) is 0.725. The van der Waals surface area contributed by atoms with E-state index in [4.69, 9.17) is 14.6 Å². The summed E-state index contributed by atoms with van der Waals surface area (Å²) in [6, 6.07) is 0. The molecule has 158 valence electrons. The SMILES string of the molecule is Cc1c(C)c2c(c(C)c1O)C(C)(N1CCN(CCOCCO)CC1)C(C)(C)O2. The highest BCUT2D eigenvalue weighted by Gasteiger charge is 2.57. The molecular formula is C22H36N2O4. The highest BCUT2D eigenvalue weighted by atomic mass is 16.5. The second-order valence-corrected chi connectivity index (χ2v) is 8.78. The van der Waals surface area contributed by atoms with Crippen molar-refractivity contribution in [3.8, 4) is 11.5 Å². The van der Waals surface area contributed by atoms with E-state index >= 15 is 0 Å². The van der Waals surface area contributed by atoms with Crippen LogP contribution in [0.1, 0.15) is 43.0 Å². The van der Waals surface area contributed by atoms with E-state index < -0.39 is 5.60 Å². The Morgan fingerprint density at radius 2 is 1.61 bits per heavy atom. The molecule has 0 radical (unpaired) electrons. The van der Waals surface area contributed by atoms with Crippen molar-refractivity contribution in [3.63, 3.8) is 0 Å². The van der Waals surface area contributed by atoms with Crippen LogP contribution in [-0.4, -0.2) is 78.2 Å². The van der Waals surface area contributed by atoms with Crippen LogP contribution in [0.4, 0.5) is 0 Å². The summed E-state index contributed by atoms with van der Waals surface area (Å²) >= 11 is 0. The van der Waals surface area contributed by atoms with Crippen molar-refractivity contribution < 1.29 is 19.7 Å². The number of hydrogen-bond acceptors (Lipinski definition) is 6. The summed E-state index contributed by atoms with van der Waals surface area (Å²) in [4.78, 5) is 4.93. The van der Waals surface area contributed by atoms with E-state index in [-0.39, 0.29) is 12.1 Å². The molecule has 0 aromatic heterocycles. The monoisotopic (exact) mass is 392 g/mol. The molecule has 3 rings (SSSR count). The molecule has 1 fully saturated rings. The number of aliphatic hydroxyl groups is 1. The summed E-state index contributed by atoms with van der Waals surface area (Å²) in [5.41, 5.74) is 3.32. The van der Waals surface area contributed by atoms with Crippen LogP contribution in [0, 0.1) is 20.8 Å². The third kappa shape index (κ3) is 3.30. The van der Waals surface area contributed by atoms with Gasteiger partial charge in [0.1, 0.15) is 17.1 Å². The van der Waals surface area contributed by atoms with E-state index in [2.05, 4.69) is 30.6 Å². The normalized spacial score (nSPS) is 25.0. The maximum atomic E-state index is 10.7. The first-order valence-corrected chi connectivity index (χ1v) is 10.3. The summed E-state index contributed by atoms with van der Waals surface area (Å²) in [6.07, 6.45) is 0. The third-order valence-electron chi connectivity index (χ3n) is 7.02. The molecule has 0 amide bonds. The number of hydrogen-bond donors (Lipinski definition) is 2. The predicted octanol–water partition coefficient (Wildman–Crippen LogP) is 2.33. The second-order valence-electron chi connectivity index (χ2n) is 8.78. The molecule has 1 unspecified atom stereocenters. The smallest absolute Gasteiger partial charge is 0.129 e.